The van der Waals surface area contributed by atoms with Crippen molar-refractivity contribution in [2.24, 2.45) is 0 Å². The van der Waals surface area contributed by atoms with E-state index in [0.717, 1.165) is 11.3 Å². The van der Waals surface area contributed by atoms with Crippen LogP contribution >= 0.6 is 11.8 Å². The first-order valence-electron chi connectivity index (χ1n) is 9.56. The zero-order valence-electron chi connectivity index (χ0n) is 16.9. The third-order valence-electron chi connectivity index (χ3n) is 4.54. The lowest BCUT2D eigenvalue weighted by atomic mass is 10.0. The first-order valence-corrected chi connectivity index (χ1v) is 10.5. The summed E-state index contributed by atoms with van der Waals surface area (Å²) in [6.45, 7) is 3.92. The number of aromatic nitrogens is 4. The molecule has 0 spiro atoms. The van der Waals surface area contributed by atoms with Gasteiger partial charge in [-0.05, 0) is 48.5 Å². The van der Waals surface area contributed by atoms with Crippen molar-refractivity contribution in [1.82, 2.24) is 30.8 Å². The van der Waals surface area contributed by atoms with E-state index in [1.54, 1.807) is 23.7 Å². The number of urea groups is 1. The highest BCUT2D eigenvalue weighted by molar-refractivity contribution is 7.99. The number of carbonyl (C=O) groups is 2. The number of thioether (sulfide) groups is 1. The Morgan fingerprint density at radius 3 is 2.81 bits per heavy atom. The standard InChI is InChI=1S/C20H20N6O4S/c1-3-29-18(27)16-14(21-19(28)22-17(16)15-5-4-10-30-15)11-31-20-23-24-25-26(20)13-8-6-12(2)7-9-13/h4-10,17H,3,11H2,1-2H3,(H2,21,22,28). The van der Waals surface area contributed by atoms with Crippen molar-refractivity contribution in [3.63, 3.8) is 0 Å². The molecule has 0 radical (unpaired) electrons. The van der Waals surface area contributed by atoms with Gasteiger partial charge in [0.05, 0.1) is 24.1 Å². The Bertz CT molecular complexity index is 1110. The van der Waals surface area contributed by atoms with Gasteiger partial charge in [0.1, 0.15) is 11.8 Å². The largest absolute Gasteiger partial charge is 0.467 e. The van der Waals surface area contributed by atoms with E-state index in [4.69, 9.17) is 9.15 Å². The van der Waals surface area contributed by atoms with E-state index in [9.17, 15) is 9.59 Å². The number of nitrogens with zero attached hydrogens (tertiary/aromatic N) is 4. The van der Waals surface area contributed by atoms with Crippen molar-refractivity contribution < 1.29 is 18.7 Å². The second kappa shape index (κ2) is 9.04. The third kappa shape index (κ3) is 4.45. The van der Waals surface area contributed by atoms with E-state index in [0.29, 0.717) is 16.6 Å². The summed E-state index contributed by atoms with van der Waals surface area (Å²) in [5.41, 5.74) is 2.61. The maximum absolute atomic E-state index is 12.7. The van der Waals surface area contributed by atoms with E-state index >= 15 is 0 Å². The number of rotatable bonds is 7. The fourth-order valence-corrected chi connectivity index (χ4v) is 3.96. The molecule has 1 aromatic carbocycles. The Hall–Kier alpha value is -3.60. The Balaban J connectivity index is 1.64. The van der Waals surface area contributed by atoms with E-state index < -0.39 is 18.0 Å². The predicted molar refractivity (Wildman–Crippen MR) is 111 cm³/mol. The van der Waals surface area contributed by atoms with Gasteiger partial charge >= 0.3 is 12.0 Å². The van der Waals surface area contributed by atoms with Crippen molar-refractivity contribution >= 4 is 23.8 Å². The number of esters is 1. The SMILES string of the molecule is CCOC(=O)C1=C(CSc2nnnn2-c2ccc(C)cc2)NC(=O)NC1c1ccco1. The summed E-state index contributed by atoms with van der Waals surface area (Å²) in [6.07, 6.45) is 1.48. The lowest BCUT2D eigenvalue weighted by Gasteiger charge is -2.27. The molecule has 10 nitrogen and oxygen atoms in total. The molecule has 3 heterocycles. The molecule has 3 aromatic rings. The van der Waals surface area contributed by atoms with Crippen LogP contribution in [0.5, 0.6) is 0 Å². The van der Waals surface area contributed by atoms with Crippen LogP contribution in [0.4, 0.5) is 4.79 Å². The van der Waals surface area contributed by atoms with Crippen LogP contribution in [0.2, 0.25) is 0 Å². The van der Waals surface area contributed by atoms with Gasteiger partial charge in [-0.1, -0.05) is 29.5 Å². The molecular weight excluding hydrogens is 420 g/mol. The molecule has 2 aromatic heterocycles. The molecule has 0 fully saturated rings. The van der Waals surface area contributed by atoms with Crippen LogP contribution in [0.3, 0.4) is 0 Å². The van der Waals surface area contributed by atoms with Gasteiger partial charge in [-0.2, -0.15) is 4.68 Å². The number of tetrazole rings is 1. The highest BCUT2D eigenvalue weighted by Gasteiger charge is 2.35. The monoisotopic (exact) mass is 440 g/mol. The number of carbonyl (C=O) groups excluding carboxylic acids is 2. The van der Waals surface area contributed by atoms with E-state index in [1.807, 2.05) is 31.2 Å². The summed E-state index contributed by atoms with van der Waals surface area (Å²) in [5, 5.41) is 17.8. The van der Waals surface area contributed by atoms with Gasteiger partial charge < -0.3 is 19.8 Å². The Morgan fingerprint density at radius 1 is 1.29 bits per heavy atom. The van der Waals surface area contributed by atoms with Crippen LogP contribution in [-0.2, 0) is 9.53 Å². The molecule has 2 amide bonds. The van der Waals surface area contributed by atoms with Gasteiger partial charge in [0.25, 0.3) is 0 Å². The molecule has 1 aliphatic rings. The fourth-order valence-electron chi connectivity index (χ4n) is 3.10. The molecule has 1 unspecified atom stereocenters. The maximum atomic E-state index is 12.7. The van der Waals surface area contributed by atoms with Gasteiger partial charge in [-0.3, -0.25) is 0 Å². The average Bonchev–Trinajstić information content (AvgIpc) is 3.45. The molecule has 11 heteroatoms. The van der Waals surface area contributed by atoms with Gasteiger partial charge in [-0.25, -0.2) is 9.59 Å². The lowest BCUT2D eigenvalue weighted by Crippen LogP contribution is -2.46. The lowest BCUT2D eigenvalue weighted by molar-refractivity contribution is -0.139. The van der Waals surface area contributed by atoms with Crippen LogP contribution in [0.15, 0.2) is 63.5 Å². The normalized spacial score (nSPS) is 16.1. The Labute approximate surface area is 182 Å². The average molecular weight is 440 g/mol. The van der Waals surface area contributed by atoms with Gasteiger partial charge in [0, 0.05) is 11.4 Å². The zero-order valence-corrected chi connectivity index (χ0v) is 17.7. The highest BCUT2D eigenvalue weighted by atomic mass is 32.2. The van der Waals surface area contributed by atoms with Crippen molar-refractivity contribution in [1.29, 1.82) is 0 Å². The quantitative estimate of drug-likeness (QED) is 0.424. The first-order chi connectivity index (χ1) is 15.1. The van der Waals surface area contributed by atoms with Crippen molar-refractivity contribution in [3.05, 3.63) is 65.3 Å². The van der Waals surface area contributed by atoms with Crippen molar-refractivity contribution in [2.45, 2.75) is 25.0 Å². The summed E-state index contributed by atoms with van der Waals surface area (Å²) >= 11 is 1.29. The van der Waals surface area contributed by atoms with Gasteiger partial charge in [-0.15, -0.1) is 5.10 Å². The summed E-state index contributed by atoms with van der Waals surface area (Å²) in [7, 11) is 0. The van der Waals surface area contributed by atoms with Crippen LogP contribution < -0.4 is 10.6 Å². The summed E-state index contributed by atoms with van der Waals surface area (Å²) in [4.78, 5) is 25.0. The minimum atomic E-state index is -0.758. The highest BCUT2D eigenvalue weighted by Crippen LogP contribution is 2.30. The number of hydrogen-bond acceptors (Lipinski definition) is 8. The third-order valence-corrected chi connectivity index (χ3v) is 5.49. The molecule has 0 saturated heterocycles. The van der Waals surface area contributed by atoms with Crippen LogP contribution in [0.25, 0.3) is 5.69 Å². The molecule has 0 saturated carbocycles. The number of nitrogens with one attached hydrogen (secondary N) is 2. The molecular formula is C20H20N6O4S. The number of aryl methyl sites for hydroxylation is 1. The van der Waals surface area contributed by atoms with E-state index in [2.05, 4.69) is 26.2 Å². The molecule has 1 aliphatic heterocycles. The van der Waals surface area contributed by atoms with Crippen LogP contribution in [0.1, 0.15) is 24.3 Å². The number of ether oxygens (including phenoxy) is 1. The van der Waals surface area contributed by atoms with Crippen molar-refractivity contribution in [2.75, 3.05) is 12.4 Å². The fraction of sp³-hybridized carbons (Fsp3) is 0.250. The Kier molecular flexibility index (Phi) is 6.03. The predicted octanol–water partition coefficient (Wildman–Crippen LogP) is 2.53. The first kappa shape index (κ1) is 20.7. The number of amides is 2. The molecule has 0 aliphatic carbocycles. The molecule has 2 N–H and O–H groups in total. The maximum Gasteiger partial charge on any atom is 0.338 e. The number of benzene rings is 1. The molecule has 31 heavy (non-hydrogen) atoms. The second-order valence-electron chi connectivity index (χ2n) is 6.66. The second-order valence-corrected chi connectivity index (χ2v) is 7.60. The minimum absolute atomic E-state index is 0.202. The topological polar surface area (TPSA) is 124 Å². The number of furan rings is 1. The van der Waals surface area contributed by atoms with Gasteiger partial charge in [0.2, 0.25) is 5.16 Å². The van der Waals surface area contributed by atoms with E-state index in [1.165, 1.54) is 18.0 Å². The summed E-state index contributed by atoms with van der Waals surface area (Å²) < 4.78 is 12.3. The van der Waals surface area contributed by atoms with Crippen LogP contribution in [-0.4, -0.2) is 44.6 Å². The number of hydrogen-bond donors (Lipinski definition) is 2. The smallest absolute Gasteiger partial charge is 0.338 e. The minimum Gasteiger partial charge on any atom is -0.467 e. The molecule has 1 atom stereocenters. The van der Waals surface area contributed by atoms with E-state index in [-0.39, 0.29) is 17.9 Å². The van der Waals surface area contributed by atoms with Gasteiger partial charge in [0.15, 0.2) is 0 Å². The summed E-state index contributed by atoms with van der Waals surface area (Å²) in [5.74, 6) is 0.139. The van der Waals surface area contributed by atoms with Crippen molar-refractivity contribution in [3.8, 4) is 5.69 Å². The molecule has 0 bridgehead atoms. The van der Waals surface area contributed by atoms with Crippen LogP contribution in [0, 0.1) is 6.92 Å². The Morgan fingerprint density at radius 2 is 2.10 bits per heavy atom. The summed E-state index contributed by atoms with van der Waals surface area (Å²) in [6, 6.07) is 9.95. The molecule has 4 rings (SSSR count). The zero-order chi connectivity index (χ0) is 21.8. The molecule has 160 valence electrons.